The molecule has 3 aromatic rings. The SMILES string of the molecule is COc1ccc(OC)c(C2CCCN2C(=O)c2cccc(S(=O)(=O)Nc3ccccc3F)c2)c1. The van der Waals surface area contributed by atoms with Crippen LogP contribution in [0.5, 0.6) is 11.5 Å². The third kappa shape index (κ3) is 4.70. The van der Waals surface area contributed by atoms with Gasteiger partial charge in [0.25, 0.3) is 15.9 Å². The minimum Gasteiger partial charge on any atom is -0.497 e. The zero-order valence-electron chi connectivity index (χ0n) is 18.8. The van der Waals surface area contributed by atoms with Crippen LogP contribution in [0.25, 0.3) is 0 Å². The van der Waals surface area contributed by atoms with Crippen LogP contribution in [-0.2, 0) is 10.0 Å². The highest BCUT2D eigenvalue weighted by Gasteiger charge is 2.33. The van der Waals surface area contributed by atoms with E-state index in [9.17, 15) is 17.6 Å². The van der Waals surface area contributed by atoms with Gasteiger partial charge in [0.15, 0.2) is 0 Å². The fraction of sp³-hybridized carbons (Fsp3) is 0.240. The molecule has 1 atom stereocenters. The molecule has 0 bridgehead atoms. The van der Waals surface area contributed by atoms with E-state index in [1.165, 1.54) is 36.4 Å². The van der Waals surface area contributed by atoms with Crippen molar-refractivity contribution in [2.45, 2.75) is 23.8 Å². The number of carbonyl (C=O) groups excluding carboxylic acids is 1. The van der Waals surface area contributed by atoms with E-state index in [0.29, 0.717) is 18.0 Å². The normalized spacial score (nSPS) is 15.7. The quantitative estimate of drug-likeness (QED) is 0.529. The molecule has 1 aliphatic rings. The van der Waals surface area contributed by atoms with Gasteiger partial charge in [-0.05, 0) is 61.4 Å². The molecule has 178 valence electrons. The average Bonchev–Trinajstić information content (AvgIpc) is 3.34. The highest BCUT2D eigenvalue weighted by molar-refractivity contribution is 7.92. The second-order valence-corrected chi connectivity index (χ2v) is 9.56. The van der Waals surface area contributed by atoms with E-state index in [1.807, 2.05) is 6.07 Å². The molecule has 34 heavy (non-hydrogen) atoms. The molecule has 0 aromatic heterocycles. The number of ether oxygens (including phenoxy) is 2. The molecule has 1 saturated heterocycles. The van der Waals surface area contributed by atoms with Gasteiger partial charge in [0.2, 0.25) is 0 Å². The largest absolute Gasteiger partial charge is 0.497 e. The van der Waals surface area contributed by atoms with Gasteiger partial charge >= 0.3 is 0 Å². The number of anilines is 1. The predicted octanol–water partition coefficient (Wildman–Crippen LogP) is 4.62. The zero-order chi connectivity index (χ0) is 24.3. The van der Waals surface area contributed by atoms with Gasteiger partial charge in [-0.3, -0.25) is 9.52 Å². The highest BCUT2D eigenvalue weighted by atomic mass is 32.2. The summed E-state index contributed by atoms with van der Waals surface area (Å²) < 4.78 is 52.8. The number of hydrogen-bond donors (Lipinski definition) is 1. The fourth-order valence-corrected chi connectivity index (χ4v) is 5.26. The summed E-state index contributed by atoms with van der Waals surface area (Å²) in [6.07, 6.45) is 1.53. The molecule has 0 saturated carbocycles. The molecule has 0 spiro atoms. The van der Waals surface area contributed by atoms with Crippen molar-refractivity contribution in [1.29, 1.82) is 0 Å². The molecular formula is C25H25FN2O5S. The summed E-state index contributed by atoms with van der Waals surface area (Å²) in [6.45, 7) is 0.522. The number of para-hydroxylation sites is 1. The monoisotopic (exact) mass is 484 g/mol. The Morgan fingerprint density at radius 2 is 1.82 bits per heavy atom. The number of hydrogen-bond acceptors (Lipinski definition) is 5. The molecule has 1 aliphatic heterocycles. The summed E-state index contributed by atoms with van der Waals surface area (Å²) in [5.41, 5.74) is 0.895. The summed E-state index contributed by atoms with van der Waals surface area (Å²) in [4.78, 5) is 15.0. The lowest BCUT2D eigenvalue weighted by Gasteiger charge is -2.27. The van der Waals surface area contributed by atoms with Crippen molar-refractivity contribution in [3.63, 3.8) is 0 Å². The topological polar surface area (TPSA) is 84.9 Å². The lowest BCUT2D eigenvalue weighted by atomic mass is 10.0. The van der Waals surface area contributed by atoms with Crippen LogP contribution in [0, 0.1) is 5.82 Å². The molecule has 1 fully saturated rings. The molecule has 9 heteroatoms. The number of rotatable bonds is 7. The van der Waals surface area contributed by atoms with E-state index >= 15 is 0 Å². The highest BCUT2D eigenvalue weighted by Crippen LogP contribution is 2.39. The Labute approximate surface area is 198 Å². The fourth-order valence-electron chi connectivity index (χ4n) is 4.14. The molecule has 0 aliphatic carbocycles. The van der Waals surface area contributed by atoms with Crippen LogP contribution < -0.4 is 14.2 Å². The first-order valence-electron chi connectivity index (χ1n) is 10.7. The standard InChI is InChI=1S/C25H25FN2O5S/c1-32-18-12-13-24(33-2)20(16-18)23-11-6-14-28(23)25(29)17-7-5-8-19(15-17)34(30,31)27-22-10-4-3-9-21(22)26/h3-5,7-10,12-13,15-16,23,27H,6,11,14H2,1-2H3. The first-order chi connectivity index (χ1) is 16.3. The number of sulfonamides is 1. The third-order valence-electron chi connectivity index (χ3n) is 5.82. The molecule has 7 nitrogen and oxygen atoms in total. The van der Waals surface area contributed by atoms with Crippen LogP contribution >= 0.6 is 0 Å². The summed E-state index contributed by atoms with van der Waals surface area (Å²) in [6, 6.07) is 16.5. The van der Waals surface area contributed by atoms with E-state index in [1.54, 1.807) is 37.3 Å². The first kappa shape index (κ1) is 23.6. The first-order valence-corrected chi connectivity index (χ1v) is 12.2. The molecule has 1 N–H and O–H groups in total. The summed E-state index contributed by atoms with van der Waals surface area (Å²) in [7, 11) is -0.951. The van der Waals surface area contributed by atoms with E-state index in [2.05, 4.69) is 4.72 Å². The van der Waals surface area contributed by atoms with Gasteiger partial charge in [0.1, 0.15) is 17.3 Å². The van der Waals surface area contributed by atoms with Crippen LogP contribution in [0.4, 0.5) is 10.1 Å². The second kappa shape index (κ2) is 9.72. The minimum absolute atomic E-state index is 0.128. The maximum Gasteiger partial charge on any atom is 0.262 e. The molecular weight excluding hydrogens is 459 g/mol. The van der Waals surface area contributed by atoms with E-state index in [0.717, 1.165) is 24.5 Å². The zero-order valence-corrected chi connectivity index (χ0v) is 19.6. The van der Waals surface area contributed by atoms with E-state index < -0.39 is 15.8 Å². The van der Waals surface area contributed by atoms with Gasteiger partial charge in [-0.1, -0.05) is 18.2 Å². The van der Waals surface area contributed by atoms with Crippen LogP contribution in [0.2, 0.25) is 0 Å². The Morgan fingerprint density at radius 1 is 1.03 bits per heavy atom. The Bertz CT molecular complexity index is 1310. The van der Waals surface area contributed by atoms with Crippen LogP contribution in [0.15, 0.2) is 71.6 Å². The third-order valence-corrected chi connectivity index (χ3v) is 7.18. The Morgan fingerprint density at radius 3 is 2.56 bits per heavy atom. The van der Waals surface area contributed by atoms with Crippen molar-refractivity contribution in [3.8, 4) is 11.5 Å². The Hall–Kier alpha value is -3.59. The van der Waals surface area contributed by atoms with Gasteiger partial charge < -0.3 is 14.4 Å². The van der Waals surface area contributed by atoms with Gasteiger partial charge in [0.05, 0.1) is 30.8 Å². The number of nitrogens with one attached hydrogen (secondary N) is 1. The van der Waals surface area contributed by atoms with Crippen LogP contribution in [-0.4, -0.2) is 40.0 Å². The van der Waals surface area contributed by atoms with Crippen LogP contribution in [0.3, 0.4) is 0 Å². The lowest BCUT2D eigenvalue weighted by Crippen LogP contribution is -2.31. The van der Waals surface area contributed by atoms with Gasteiger partial charge in [-0.15, -0.1) is 0 Å². The molecule has 1 unspecified atom stereocenters. The van der Waals surface area contributed by atoms with Crippen molar-refractivity contribution < 1.29 is 27.1 Å². The number of likely N-dealkylation sites (tertiary alicyclic amines) is 1. The summed E-state index contributed by atoms with van der Waals surface area (Å²) >= 11 is 0. The molecule has 4 rings (SSSR count). The minimum atomic E-state index is -4.10. The van der Waals surface area contributed by atoms with Gasteiger partial charge in [0, 0.05) is 17.7 Å². The number of amides is 1. The van der Waals surface area contributed by atoms with Crippen molar-refractivity contribution in [1.82, 2.24) is 4.90 Å². The lowest BCUT2D eigenvalue weighted by molar-refractivity contribution is 0.0733. The Kier molecular flexibility index (Phi) is 6.74. The van der Waals surface area contributed by atoms with Gasteiger partial charge in [-0.2, -0.15) is 0 Å². The number of nitrogens with zero attached hydrogens (tertiary/aromatic N) is 1. The number of benzene rings is 3. The Balaban J connectivity index is 1.63. The number of methoxy groups -OCH3 is 2. The van der Waals surface area contributed by atoms with Crippen molar-refractivity contribution >= 4 is 21.6 Å². The molecule has 0 radical (unpaired) electrons. The smallest absolute Gasteiger partial charge is 0.262 e. The van der Waals surface area contributed by atoms with Gasteiger partial charge in [-0.25, -0.2) is 12.8 Å². The van der Waals surface area contributed by atoms with E-state index in [-0.39, 0.29) is 28.1 Å². The summed E-state index contributed by atoms with van der Waals surface area (Å²) in [5.74, 6) is 0.319. The second-order valence-electron chi connectivity index (χ2n) is 7.88. The summed E-state index contributed by atoms with van der Waals surface area (Å²) in [5, 5.41) is 0. The maximum absolute atomic E-state index is 14.0. The van der Waals surface area contributed by atoms with Crippen molar-refractivity contribution in [2.24, 2.45) is 0 Å². The predicted molar refractivity (Wildman–Crippen MR) is 126 cm³/mol. The average molecular weight is 485 g/mol. The molecule has 1 heterocycles. The maximum atomic E-state index is 14.0. The molecule has 3 aromatic carbocycles. The van der Waals surface area contributed by atoms with Crippen molar-refractivity contribution in [2.75, 3.05) is 25.5 Å². The van der Waals surface area contributed by atoms with E-state index in [4.69, 9.17) is 9.47 Å². The van der Waals surface area contributed by atoms with Crippen molar-refractivity contribution in [3.05, 3.63) is 83.7 Å². The molecule has 1 amide bonds. The van der Waals surface area contributed by atoms with Crippen LogP contribution in [0.1, 0.15) is 34.8 Å². The number of carbonyl (C=O) groups is 1. The number of halogens is 1.